The number of anilines is 5. The number of aromatic nitrogens is 2. The van der Waals surface area contributed by atoms with Crippen LogP contribution in [0.25, 0.3) is 0 Å². The molecule has 1 amide bonds. The van der Waals surface area contributed by atoms with Gasteiger partial charge < -0.3 is 29.9 Å². The van der Waals surface area contributed by atoms with Crippen LogP contribution in [0.2, 0.25) is 0 Å². The van der Waals surface area contributed by atoms with E-state index in [4.69, 9.17) is 9.47 Å². The van der Waals surface area contributed by atoms with E-state index < -0.39 is 5.60 Å². The summed E-state index contributed by atoms with van der Waals surface area (Å²) in [6, 6.07) is 11.7. The molecule has 1 aromatic heterocycles. The van der Waals surface area contributed by atoms with Crippen LogP contribution in [0.15, 0.2) is 47.1 Å². The summed E-state index contributed by atoms with van der Waals surface area (Å²) in [6.45, 7) is 14.1. The highest BCUT2D eigenvalue weighted by Gasteiger charge is 2.33. The van der Waals surface area contributed by atoms with Gasteiger partial charge in [-0.15, -0.1) is 0 Å². The van der Waals surface area contributed by atoms with Crippen LogP contribution in [0.4, 0.5) is 39.3 Å². The molecule has 15 heteroatoms. The number of piperazine rings is 1. The number of carbonyl (C=O) groups is 1. The third kappa shape index (κ3) is 8.64. The summed E-state index contributed by atoms with van der Waals surface area (Å²) < 4.78 is 11.9. The molecule has 2 saturated heterocycles. The molecule has 0 radical (unpaired) electrons. The number of nitro groups is 1. The number of benzene rings is 2. The third-order valence-corrected chi connectivity index (χ3v) is 10.3. The molecule has 13 nitrogen and oxygen atoms in total. The molecule has 0 atom stereocenters. The van der Waals surface area contributed by atoms with Crippen LogP contribution < -0.4 is 25.6 Å². The van der Waals surface area contributed by atoms with Gasteiger partial charge in [0.1, 0.15) is 22.9 Å². The molecule has 258 valence electrons. The van der Waals surface area contributed by atoms with Gasteiger partial charge in [0.2, 0.25) is 5.95 Å². The van der Waals surface area contributed by atoms with Crippen molar-refractivity contribution in [3.8, 4) is 5.75 Å². The lowest BCUT2D eigenvalue weighted by Crippen LogP contribution is -2.55. The van der Waals surface area contributed by atoms with E-state index in [1.807, 2.05) is 39.0 Å². The number of piperidine rings is 1. The van der Waals surface area contributed by atoms with E-state index in [-0.39, 0.29) is 30.6 Å². The van der Waals surface area contributed by atoms with Crippen molar-refractivity contribution < 1.29 is 19.2 Å². The zero-order valence-electron chi connectivity index (χ0n) is 28.3. The monoisotopic (exact) mass is 742 g/mol. The third-order valence-electron chi connectivity index (χ3n) is 8.41. The van der Waals surface area contributed by atoms with Crippen molar-refractivity contribution in [1.82, 2.24) is 19.8 Å². The Hall–Kier alpha value is -3.74. The number of para-hydroxylation sites is 1. The average molecular weight is 744 g/mol. The summed E-state index contributed by atoms with van der Waals surface area (Å²) in [6.07, 6.45) is 3.08. The molecule has 2 aliphatic rings. The number of halogens is 1. The van der Waals surface area contributed by atoms with Gasteiger partial charge in [-0.05, 0) is 74.2 Å². The van der Waals surface area contributed by atoms with E-state index in [0.717, 1.165) is 31.6 Å². The maximum Gasteiger partial charge on any atom is 0.410 e. The van der Waals surface area contributed by atoms with Gasteiger partial charge in [0, 0.05) is 69.3 Å². The first-order valence-corrected chi connectivity index (χ1v) is 19.0. The van der Waals surface area contributed by atoms with E-state index in [0.29, 0.717) is 59.6 Å². The lowest BCUT2D eigenvalue weighted by molar-refractivity contribution is -0.384. The quantitative estimate of drug-likeness (QED) is 0.141. The predicted octanol–water partition coefficient (Wildman–Crippen LogP) is 6.53. The van der Waals surface area contributed by atoms with Gasteiger partial charge in [0.25, 0.3) is 5.69 Å². The standard InChI is InChI=1S/C33H44BrN8O5P/c1-33(2,3)47-32(43)41-17-15-39(16-18-41)22-11-13-40(14-12-22)26-20-28(46-4)25(19-27(26)42(44)45)37-31-35-21-23(34)30(38-31)36-24-9-7-8-10-29(24)48(5)6/h7-10,19-22H,11-18H2,1-6H3,(H2,35,36,37,38). The predicted molar refractivity (Wildman–Crippen MR) is 195 cm³/mol. The van der Waals surface area contributed by atoms with Crippen molar-refractivity contribution in [3.63, 3.8) is 0 Å². The molecule has 2 N–H and O–H groups in total. The highest BCUT2D eigenvalue weighted by atomic mass is 79.9. The second-order valence-electron chi connectivity index (χ2n) is 13.1. The van der Waals surface area contributed by atoms with Crippen molar-refractivity contribution >= 4 is 69.8 Å². The first-order chi connectivity index (χ1) is 22.8. The largest absolute Gasteiger partial charge is 0.494 e. The summed E-state index contributed by atoms with van der Waals surface area (Å²) in [5.41, 5.74) is 1.33. The van der Waals surface area contributed by atoms with Crippen molar-refractivity contribution in [2.24, 2.45) is 0 Å². The summed E-state index contributed by atoms with van der Waals surface area (Å²) in [4.78, 5) is 39.8. The maximum absolute atomic E-state index is 12.5. The van der Waals surface area contributed by atoms with E-state index in [1.54, 1.807) is 24.3 Å². The molecular formula is C33H44BrN8O5P. The molecular weight excluding hydrogens is 699 g/mol. The van der Waals surface area contributed by atoms with Gasteiger partial charge in [-0.1, -0.05) is 26.1 Å². The van der Waals surface area contributed by atoms with Gasteiger partial charge in [-0.25, -0.2) is 9.78 Å². The minimum atomic E-state index is -0.519. The Morgan fingerprint density at radius 1 is 1.04 bits per heavy atom. The molecule has 5 rings (SSSR count). The zero-order chi connectivity index (χ0) is 34.6. The van der Waals surface area contributed by atoms with Crippen molar-refractivity contribution in [2.45, 2.75) is 45.3 Å². The fraction of sp³-hybridized carbons (Fsp3) is 0.485. The van der Waals surface area contributed by atoms with Gasteiger partial charge >= 0.3 is 6.09 Å². The number of methoxy groups -OCH3 is 1. The molecule has 2 aliphatic heterocycles. The fourth-order valence-electron chi connectivity index (χ4n) is 6.02. The highest BCUT2D eigenvalue weighted by Crippen LogP contribution is 2.41. The van der Waals surface area contributed by atoms with Crippen LogP contribution in [-0.4, -0.2) is 102 Å². The topological polar surface area (TPSA) is 138 Å². The van der Waals surface area contributed by atoms with Crippen molar-refractivity contribution in [3.05, 3.63) is 57.2 Å². The number of amides is 1. The molecule has 0 unspecified atom stereocenters. The molecule has 2 fully saturated rings. The smallest absolute Gasteiger partial charge is 0.410 e. The van der Waals surface area contributed by atoms with Gasteiger partial charge in [0.15, 0.2) is 0 Å². The summed E-state index contributed by atoms with van der Waals surface area (Å²) in [5, 5.41) is 20.1. The molecule has 3 aromatic rings. The van der Waals surface area contributed by atoms with E-state index >= 15 is 0 Å². The second kappa shape index (κ2) is 15.2. The van der Waals surface area contributed by atoms with Gasteiger partial charge in [-0.3, -0.25) is 15.0 Å². The lowest BCUT2D eigenvalue weighted by Gasteiger charge is -2.43. The molecule has 0 spiro atoms. The number of nitro benzene ring substituents is 1. The Morgan fingerprint density at radius 2 is 1.73 bits per heavy atom. The van der Waals surface area contributed by atoms with Gasteiger partial charge in [-0.2, -0.15) is 4.98 Å². The Bertz CT molecular complexity index is 1620. The number of carbonyl (C=O) groups excluding carboxylic acids is 1. The van der Waals surface area contributed by atoms with Gasteiger partial charge in [0.05, 0.1) is 22.2 Å². The minimum absolute atomic E-state index is 0.0219. The van der Waals surface area contributed by atoms with Crippen LogP contribution in [0.5, 0.6) is 5.75 Å². The highest BCUT2D eigenvalue weighted by molar-refractivity contribution is 9.10. The van der Waals surface area contributed by atoms with Crippen molar-refractivity contribution in [2.75, 3.05) is 75.2 Å². The molecule has 0 aliphatic carbocycles. The van der Waals surface area contributed by atoms with Crippen molar-refractivity contribution in [1.29, 1.82) is 0 Å². The summed E-state index contributed by atoms with van der Waals surface area (Å²) in [7, 11) is 1.19. The number of hydrogen-bond acceptors (Lipinski definition) is 11. The van der Waals surface area contributed by atoms with Crippen LogP contribution >= 0.6 is 23.9 Å². The number of rotatable bonds is 9. The number of nitrogens with zero attached hydrogens (tertiary/aromatic N) is 6. The summed E-state index contributed by atoms with van der Waals surface area (Å²) >= 11 is 3.54. The number of hydrogen-bond donors (Lipinski definition) is 2. The van der Waals surface area contributed by atoms with E-state index in [2.05, 4.69) is 65.7 Å². The Labute approximate surface area is 291 Å². The molecule has 0 bridgehead atoms. The lowest BCUT2D eigenvalue weighted by atomic mass is 10.0. The Morgan fingerprint density at radius 3 is 2.35 bits per heavy atom. The Balaban J connectivity index is 1.27. The minimum Gasteiger partial charge on any atom is -0.494 e. The molecule has 2 aromatic carbocycles. The fourth-order valence-corrected chi connectivity index (χ4v) is 7.31. The average Bonchev–Trinajstić information content (AvgIpc) is 3.05. The first-order valence-electron chi connectivity index (χ1n) is 16.0. The van der Waals surface area contributed by atoms with E-state index in [1.165, 1.54) is 11.4 Å². The van der Waals surface area contributed by atoms with Crippen LogP contribution in [-0.2, 0) is 4.74 Å². The van der Waals surface area contributed by atoms with Crippen LogP contribution in [0.3, 0.4) is 0 Å². The summed E-state index contributed by atoms with van der Waals surface area (Å²) in [5.74, 6) is 1.28. The van der Waals surface area contributed by atoms with Crippen LogP contribution in [0.1, 0.15) is 33.6 Å². The SMILES string of the molecule is COc1cc(N2CCC(N3CCN(C(=O)OC(C)(C)C)CC3)CC2)c([N+](=O)[O-])cc1Nc1ncc(Br)c(Nc2ccccc2P(C)C)n1. The first kappa shape index (κ1) is 35.6. The zero-order valence-corrected chi connectivity index (χ0v) is 30.8. The normalized spacial score (nSPS) is 16.2. The molecule has 48 heavy (non-hydrogen) atoms. The van der Waals surface area contributed by atoms with E-state index in [9.17, 15) is 14.9 Å². The second-order valence-corrected chi connectivity index (χ2v) is 16.2. The molecule has 3 heterocycles. The molecule has 0 saturated carbocycles. The number of ether oxygens (including phenoxy) is 2. The van der Waals surface area contributed by atoms with Crippen LogP contribution in [0, 0.1) is 10.1 Å². The number of nitrogens with one attached hydrogen (secondary N) is 2. The maximum atomic E-state index is 12.5. The Kier molecular flexibility index (Phi) is 11.3.